The molecule has 0 radical (unpaired) electrons. The molecule has 164 valence electrons. The SMILES string of the molecule is CCN1CC(=Cc2ccc(OC(F)F)cc2)C(=O)C(=Cc2ccc(OC(F)F)cc2)C1. The Hall–Kier alpha value is -3.13. The van der Waals surface area contributed by atoms with Gasteiger partial charge < -0.3 is 9.47 Å². The average molecular weight is 435 g/mol. The molecule has 0 saturated carbocycles. The second-order valence-electron chi connectivity index (χ2n) is 6.87. The van der Waals surface area contributed by atoms with Crippen molar-refractivity contribution in [3.05, 3.63) is 70.8 Å². The molecule has 0 bridgehead atoms. The van der Waals surface area contributed by atoms with Gasteiger partial charge in [0, 0.05) is 24.2 Å². The molecule has 4 nitrogen and oxygen atoms in total. The lowest BCUT2D eigenvalue weighted by molar-refractivity contribution is -0.113. The number of halogens is 4. The summed E-state index contributed by atoms with van der Waals surface area (Å²) in [7, 11) is 0. The summed E-state index contributed by atoms with van der Waals surface area (Å²) in [6.45, 7) is -2.16. The van der Waals surface area contributed by atoms with E-state index in [0.717, 1.165) is 6.54 Å². The quantitative estimate of drug-likeness (QED) is 0.439. The van der Waals surface area contributed by atoms with Crippen LogP contribution in [0.1, 0.15) is 18.1 Å². The maximum absolute atomic E-state index is 13.0. The number of nitrogens with zero attached hydrogens (tertiary/aromatic N) is 1. The van der Waals surface area contributed by atoms with E-state index in [9.17, 15) is 22.4 Å². The molecule has 31 heavy (non-hydrogen) atoms. The lowest BCUT2D eigenvalue weighted by Gasteiger charge is -2.28. The number of alkyl halides is 4. The molecule has 1 aliphatic heterocycles. The second kappa shape index (κ2) is 10.3. The van der Waals surface area contributed by atoms with Gasteiger partial charge in [0.25, 0.3) is 0 Å². The van der Waals surface area contributed by atoms with Crippen LogP contribution >= 0.6 is 0 Å². The Morgan fingerprint density at radius 1 is 0.806 bits per heavy atom. The highest BCUT2D eigenvalue weighted by atomic mass is 19.3. The fourth-order valence-corrected chi connectivity index (χ4v) is 3.23. The van der Waals surface area contributed by atoms with Crippen molar-refractivity contribution >= 4 is 17.9 Å². The van der Waals surface area contributed by atoms with Crippen LogP contribution in [-0.4, -0.2) is 43.5 Å². The van der Waals surface area contributed by atoms with Crippen LogP contribution in [0.2, 0.25) is 0 Å². The topological polar surface area (TPSA) is 38.8 Å². The van der Waals surface area contributed by atoms with Crippen LogP contribution in [0.25, 0.3) is 12.2 Å². The van der Waals surface area contributed by atoms with Gasteiger partial charge in [-0.25, -0.2) is 0 Å². The number of likely N-dealkylation sites (tertiary alicyclic amines) is 1. The van der Waals surface area contributed by atoms with Crippen molar-refractivity contribution in [3.8, 4) is 11.5 Å². The van der Waals surface area contributed by atoms with Gasteiger partial charge in [-0.2, -0.15) is 17.6 Å². The molecule has 1 fully saturated rings. The van der Waals surface area contributed by atoms with Crippen LogP contribution in [0.3, 0.4) is 0 Å². The van der Waals surface area contributed by atoms with Crippen molar-refractivity contribution in [1.82, 2.24) is 4.90 Å². The lowest BCUT2D eigenvalue weighted by Crippen LogP contribution is -2.37. The number of ketones is 1. The first kappa shape index (κ1) is 22.6. The van der Waals surface area contributed by atoms with Crippen molar-refractivity contribution in [1.29, 1.82) is 0 Å². The predicted octanol–water partition coefficient (Wildman–Crippen LogP) is 5.26. The van der Waals surface area contributed by atoms with Crippen molar-refractivity contribution in [2.75, 3.05) is 19.6 Å². The molecule has 0 spiro atoms. The van der Waals surface area contributed by atoms with E-state index in [1.165, 1.54) is 24.3 Å². The molecule has 0 aromatic heterocycles. The molecule has 0 N–H and O–H groups in total. The van der Waals surface area contributed by atoms with Crippen LogP contribution in [0.15, 0.2) is 59.7 Å². The summed E-state index contributed by atoms with van der Waals surface area (Å²) in [5.41, 5.74) is 2.52. The predicted molar refractivity (Wildman–Crippen MR) is 109 cm³/mol. The van der Waals surface area contributed by atoms with Gasteiger partial charge in [0.1, 0.15) is 11.5 Å². The maximum Gasteiger partial charge on any atom is 0.387 e. The molecular weight excluding hydrogens is 414 g/mol. The number of likely N-dealkylation sites (N-methyl/N-ethyl adjacent to an activating group) is 1. The van der Waals surface area contributed by atoms with Gasteiger partial charge >= 0.3 is 13.2 Å². The summed E-state index contributed by atoms with van der Waals surface area (Å²) in [6.07, 6.45) is 3.45. The minimum atomic E-state index is -2.90. The van der Waals surface area contributed by atoms with Crippen LogP contribution in [0.4, 0.5) is 17.6 Å². The van der Waals surface area contributed by atoms with Crippen molar-refractivity contribution in [2.45, 2.75) is 20.1 Å². The summed E-state index contributed by atoms with van der Waals surface area (Å²) in [5.74, 6) is -0.0326. The normalized spacial score (nSPS) is 17.7. The number of hydrogen-bond donors (Lipinski definition) is 0. The summed E-state index contributed by atoms with van der Waals surface area (Å²) < 4.78 is 57.9. The standard InChI is InChI=1S/C23H21F4NO3/c1-2-28-13-17(11-15-3-7-19(8-4-15)30-22(24)25)21(29)18(14-28)12-16-5-9-20(10-6-16)31-23(26)27/h3-12,22-23H,2,13-14H2,1H3. The first-order chi connectivity index (χ1) is 14.8. The third-order valence-corrected chi connectivity index (χ3v) is 4.71. The molecule has 1 aliphatic rings. The molecule has 0 aliphatic carbocycles. The minimum Gasteiger partial charge on any atom is -0.435 e. The molecule has 8 heteroatoms. The Balaban J connectivity index is 1.82. The highest BCUT2D eigenvalue weighted by molar-refractivity contribution is 6.14. The largest absolute Gasteiger partial charge is 0.435 e. The fourth-order valence-electron chi connectivity index (χ4n) is 3.23. The maximum atomic E-state index is 13.0. The molecule has 0 unspecified atom stereocenters. The number of Topliss-reactive ketones (excluding diaryl/α,β-unsaturated/α-hetero) is 1. The zero-order valence-corrected chi connectivity index (χ0v) is 16.7. The Morgan fingerprint density at radius 2 is 1.19 bits per heavy atom. The van der Waals surface area contributed by atoms with Crippen LogP contribution in [0.5, 0.6) is 11.5 Å². The summed E-state index contributed by atoms with van der Waals surface area (Å²) in [4.78, 5) is 15.1. The molecule has 1 heterocycles. The van der Waals surface area contributed by atoms with E-state index in [1.54, 1.807) is 36.4 Å². The van der Waals surface area contributed by atoms with Crippen molar-refractivity contribution < 1.29 is 31.8 Å². The Bertz CT molecular complexity index is 878. The number of piperidine rings is 1. The van der Waals surface area contributed by atoms with Gasteiger partial charge in [-0.1, -0.05) is 31.2 Å². The molecular formula is C23H21F4NO3. The zero-order valence-electron chi connectivity index (χ0n) is 16.7. The lowest BCUT2D eigenvalue weighted by atomic mass is 9.94. The van der Waals surface area contributed by atoms with E-state index in [1.807, 2.05) is 6.92 Å². The number of ether oxygens (including phenoxy) is 2. The summed E-state index contributed by atoms with van der Waals surface area (Å²) >= 11 is 0. The van der Waals surface area contributed by atoms with Crippen LogP contribution in [-0.2, 0) is 4.79 Å². The Kier molecular flexibility index (Phi) is 7.46. The third kappa shape index (κ3) is 6.42. The molecule has 1 saturated heterocycles. The number of hydrogen-bond acceptors (Lipinski definition) is 4. The number of carbonyl (C=O) groups excluding carboxylic acids is 1. The van der Waals surface area contributed by atoms with Crippen LogP contribution < -0.4 is 9.47 Å². The van der Waals surface area contributed by atoms with Gasteiger partial charge in [-0.3, -0.25) is 9.69 Å². The number of benzene rings is 2. The first-order valence-corrected chi connectivity index (χ1v) is 9.62. The molecule has 3 rings (SSSR count). The van der Waals surface area contributed by atoms with Gasteiger partial charge in [-0.15, -0.1) is 0 Å². The van der Waals surface area contributed by atoms with E-state index < -0.39 is 13.2 Å². The first-order valence-electron chi connectivity index (χ1n) is 9.62. The highest BCUT2D eigenvalue weighted by Gasteiger charge is 2.25. The van der Waals surface area contributed by atoms with E-state index in [4.69, 9.17) is 0 Å². The van der Waals surface area contributed by atoms with Gasteiger partial charge in [0.05, 0.1) is 0 Å². The smallest absolute Gasteiger partial charge is 0.387 e. The van der Waals surface area contributed by atoms with Crippen molar-refractivity contribution in [2.24, 2.45) is 0 Å². The van der Waals surface area contributed by atoms with E-state index in [0.29, 0.717) is 35.4 Å². The van der Waals surface area contributed by atoms with Crippen LogP contribution in [0, 0.1) is 0 Å². The monoisotopic (exact) mass is 435 g/mol. The van der Waals surface area contributed by atoms with Gasteiger partial charge in [-0.05, 0) is 54.1 Å². The molecule has 0 amide bonds. The highest BCUT2D eigenvalue weighted by Crippen LogP contribution is 2.24. The van der Waals surface area contributed by atoms with E-state index in [2.05, 4.69) is 14.4 Å². The molecule has 2 aromatic carbocycles. The van der Waals surface area contributed by atoms with Gasteiger partial charge in [0.15, 0.2) is 5.78 Å². The minimum absolute atomic E-state index is 0.0437. The second-order valence-corrected chi connectivity index (χ2v) is 6.87. The number of carbonyl (C=O) groups is 1. The van der Waals surface area contributed by atoms with Gasteiger partial charge in [0.2, 0.25) is 0 Å². The van der Waals surface area contributed by atoms with E-state index >= 15 is 0 Å². The van der Waals surface area contributed by atoms with E-state index in [-0.39, 0.29) is 17.3 Å². The molecule has 2 aromatic rings. The summed E-state index contributed by atoms with van der Waals surface area (Å²) in [5, 5.41) is 0. The number of rotatable bonds is 7. The Morgan fingerprint density at radius 3 is 1.52 bits per heavy atom. The van der Waals surface area contributed by atoms with Crippen molar-refractivity contribution in [3.63, 3.8) is 0 Å². The third-order valence-electron chi connectivity index (χ3n) is 4.71. The molecule has 0 atom stereocenters. The zero-order chi connectivity index (χ0) is 22.4. The summed E-state index contributed by atoms with van der Waals surface area (Å²) in [6, 6.07) is 12.1. The Labute approximate surface area is 177 Å². The fraction of sp³-hybridized carbons (Fsp3) is 0.261. The average Bonchev–Trinajstić information content (AvgIpc) is 2.73.